The van der Waals surface area contributed by atoms with Gasteiger partial charge >= 0.3 is 6.03 Å². The van der Waals surface area contributed by atoms with Crippen molar-refractivity contribution in [1.29, 1.82) is 0 Å². The summed E-state index contributed by atoms with van der Waals surface area (Å²) in [7, 11) is -4.39. The molecule has 0 bridgehead atoms. The molecule has 3 unspecified atom stereocenters. The molecule has 2 heterocycles. The second-order valence-corrected chi connectivity index (χ2v) is 13.5. The van der Waals surface area contributed by atoms with Crippen molar-refractivity contribution in [3.63, 3.8) is 0 Å². The van der Waals surface area contributed by atoms with Gasteiger partial charge in [-0.25, -0.2) is 17.5 Å². The highest BCUT2D eigenvalue weighted by Gasteiger charge is 2.52. The third kappa shape index (κ3) is 5.87. The van der Waals surface area contributed by atoms with Crippen LogP contribution in [0.2, 0.25) is 5.02 Å². The van der Waals surface area contributed by atoms with E-state index in [1.165, 1.54) is 24.3 Å². The number of hydrogen-bond acceptors (Lipinski definition) is 6. The summed E-state index contributed by atoms with van der Waals surface area (Å²) < 4.78 is 34.7. The molecule has 0 spiro atoms. The lowest BCUT2D eigenvalue weighted by Crippen LogP contribution is -2.41. The van der Waals surface area contributed by atoms with Gasteiger partial charge in [-0.1, -0.05) is 36.2 Å². The number of ether oxygens (including phenoxy) is 1. The minimum absolute atomic E-state index is 0.0537. The van der Waals surface area contributed by atoms with Gasteiger partial charge in [0.25, 0.3) is 15.9 Å². The molecular formula is C32H33ClN4O5S. The Balaban J connectivity index is 1.30. The molecule has 1 aromatic heterocycles. The van der Waals surface area contributed by atoms with Crippen LogP contribution < -0.4 is 10.5 Å². The fraction of sp³-hybridized carbons (Fsp3) is 0.312. The van der Waals surface area contributed by atoms with E-state index < -0.39 is 28.0 Å². The fourth-order valence-electron chi connectivity index (χ4n) is 6.22. The SMILES string of the molecule is NCC1CCCC(CN2C(=O)C(Cc3c[nH]c4ccccc34)N(S(=O)(=O)c3ccc(Oc4ccc(Cl)cc4)cc3)C2=O)C1. The summed E-state index contributed by atoms with van der Waals surface area (Å²) in [5.41, 5.74) is 7.55. The summed E-state index contributed by atoms with van der Waals surface area (Å²) in [4.78, 5) is 32.0. The Labute approximate surface area is 255 Å². The van der Waals surface area contributed by atoms with Gasteiger partial charge in [-0.05, 0) is 97.8 Å². The van der Waals surface area contributed by atoms with Crippen molar-refractivity contribution in [3.8, 4) is 11.5 Å². The molecule has 3 N–H and O–H groups in total. The molecule has 224 valence electrons. The average molecular weight is 621 g/mol. The molecule has 2 aliphatic rings. The molecule has 2 fully saturated rings. The normalized spacial score (nSPS) is 21.1. The number of fused-ring (bicyclic) bond motifs is 1. The van der Waals surface area contributed by atoms with Crippen LogP contribution in [0.1, 0.15) is 31.2 Å². The number of halogens is 1. The lowest BCUT2D eigenvalue weighted by atomic mass is 9.81. The summed E-state index contributed by atoms with van der Waals surface area (Å²) in [5, 5.41) is 1.44. The standard InChI is InChI=1S/C32H33ClN4O5S/c33-24-8-10-25(11-9-24)42-26-12-14-27(15-13-26)43(40,41)37-30(17-23-19-35-29-7-2-1-6-28(23)29)31(38)36(32(37)39)20-22-5-3-4-21(16-22)18-34/h1-2,6-15,19,21-22,30,35H,3-5,16-18,20,34H2. The van der Waals surface area contributed by atoms with Gasteiger partial charge in [0, 0.05) is 35.1 Å². The summed E-state index contributed by atoms with van der Waals surface area (Å²) >= 11 is 5.94. The Hall–Kier alpha value is -3.86. The quantitative estimate of drug-likeness (QED) is 0.223. The average Bonchev–Trinajstić information content (AvgIpc) is 3.53. The predicted molar refractivity (Wildman–Crippen MR) is 164 cm³/mol. The lowest BCUT2D eigenvalue weighted by Gasteiger charge is -2.30. The monoisotopic (exact) mass is 620 g/mol. The molecule has 1 saturated heterocycles. The number of aromatic amines is 1. The highest BCUT2D eigenvalue weighted by molar-refractivity contribution is 7.89. The maximum absolute atomic E-state index is 14.1. The Morgan fingerprint density at radius 3 is 2.33 bits per heavy atom. The highest BCUT2D eigenvalue weighted by Crippen LogP contribution is 2.35. The number of imide groups is 1. The minimum atomic E-state index is -4.39. The second kappa shape index (κ2) is 12.0. The zero-order valence-electron chi connectivity index (χ0n) is 23.5. The number of rotatable bonds is 9. The van der Waals surface area contributed by atoms with Crippen molar-refractivity contribution >= 4 is 44.5 Å². The first kappa shape index (κ1) is 29.2. The van der Waals surface area contributed by atoms with E-state index in [0.29, 0.717) is 29.0 Å². The van der Waals surface area contributed by atoms with E-state index in [1.807, 2.05) is 24.3 Å². The third-order valence-corrected chi connectivity index (χ3v) is 10.5. The van der Waals surface area contributed by atoms with Crippen LogP contribution in [0.15, 0.2) is 83.9 Å². The first-order chi connectivity index (χ1) is 20.7. The van der Waals surface area contributed by atoms with Gasteiger partial charge in [0.05, 0.1) is 4.90 Å². The van der Waals surface area contributed by atoms with Gasteiger partial charge in [-0.15, -0.1) is 0 Å². The van der Waals surface area contributed by atoms with Crippen molar-refractivity contribution in [2.24, 2.45) is 17.6 Å². The second-order valence-electron chi connectivity index (χ2n) is 11.3. The predicted octanol–water partition coefficient (Wildman–Crippen LogP) is 5.94. The van der Waals surface area contributed by atoms with Crippen molar-refractivity contribution in [2.75, 3.05) is 13.1 Å². The van der Waals surface area contributed by atoms with E-state index in [9.17, 15) is 18.0 Å². The number of nitrogens with zero attached hydrogens (tertiary/aromatic N) is 2. The van der Waals surface area contributed by atoms with Crippen molar-refractivity contribution in [1.82, 2.24) is 14.2 Å². The fourth-order valence-corrected chi connectivity index (χ4v) is 7.85. The smallest absolute Gasteiger partial charge is 0.341 e. The van der Waals surface area contributed by atoms with Crippen LogP contribution >= 0.6 is 11.6 Å². The molecule has 4 aromatic rings. The number of hydrogen-bond donors (Lipinski definition) is 2. The summed E-state index contributed by atoms with van der Waals surface area (Å²) in [5.74, 6) is 0.859. The first-order valence-electron chi connectivity index (χ1n) is 14.4. The van der Waals surface area contributed by atoms with Crippen LogP contribution in [0, 0.1) is 11.8 Å². The molecule has 1 aliphatic carbocycles. The van der Waals surface area contributed by atoms with E-state index in [1.54, 1.807) is 30.5 Å². The zero-order valence-corrected chi connectivity index (χ0v) is 25.1. The molecule has 1 saturated carbocycles. The topological polar surface area (TPSA) is 126 Å². The van der Waals surface area contributed by atoms with E-state index in [-0.39, 0.29) is 23.8 Å². The number of carbonyl (C=O) groups excluding carboxylic acids is 2. The molecule has 6 rings (SSSR count). The van der Waals surface area contributed by atoms with Gasteiger partial charge < -0.3 is 15.5 Å². The molecule has 1 aliphatic heterocycles. The number of sulfonamides is 1. The van der Waals surface area contributed by atoms with Crippen LogP contribution in [-0.4, -0.2) is 53.7 Å². The van der Waals surface area contributed by atoms with Crippen molar-refractivity contribution < 1.29 is 22.7 Å². The summed E-state index contributed by atoms with van der Waals surface area (Å²) in [6.45, 7) is 0.734. The molecule has 3 aromatic carbocycles. The Morgan fingerprint density at radius 1 is 0.930 bits per heavy atom. The number of aromatic nitrogens is 1. The van der Waals surface area contributed by atoms with Gasteiger partial charge in [-0.2, -0.15) is 0 Å². The van der Waals surface area contributed by atoms with Crippen LogP contribution in [0.5, 0.6) is 11.5 Å². The minimum Gasteiger partial charge on any atom is -0.457 e. The van der Waals surface area contributed by atoms with E-state index in [0.717, 1.165) is 51.4 Å². The molecule has 3 amide bonds. The van der Waals surface area contributed by atoms with Crippen molar-refractivity contribution in [2.45, 2.75) is 43.0 Å². The Bertz CT molecular complexity index is 1740. The number of benzene rings is 3. The zero-order chi connectivity index (χ0) is 30.1. The van der Waals surface area contributed by atoms with E-state index >= 15 is 0 Å². The lowest BCUT2D eigenvalue weighted by molar-refractivity contribution is -0.128. The van der Waals surface area contributed by atoms with E-state index in [2.05, 4.69) is 4.98 Å². The van der Waals surface area contributed by atoms with Crippen LogP contribution in [-0.2, 0) is 21.2 Å². The van der Waals surface area contributed by atoms with Crippen LogP contribution in [0.3, 0.4) is 0 Å². The Morgan fingerprint density at radius 2 is 1.60 bits per heavy atom. The third-order valence-electron chi connectivity index (χ3n) is 8.44. The summed E-state index contributed by atoms with van der Waals surface area (Å²) in [6.07, 6.45) is 5.49. The number of urea groups is 1. The maximum Gasteiger partial charge on any atom is 0.341 e. The van der Waals surface area contributed by atoms with Crippen LogP contribution in [0.25, 0.3) is 10.9 Å². The Kier molecular flexibility index (Phi) is 8.17. The molecule has 3 atom stereocenters. The largest absolute Gasteiger partial charge is 0.457 e. The van der Waals surface area contributed by atoms with Gasteiger partial charge in [0.15, 0.2) is 0 Å². The van der Waals surface area contributed by atoms with Gasteiger partial charge in [-0.3, -0.25) is 9.69 Å². The number of carbonyl (C=O) groups is 2. The van der Waals surface area contributed by atoms with E-state index in [4.69, 9.17) is 22.1 Å². The van der Waals surface area contributed by atoms with Crippen LogP contribution in [0.4, 0.5) is 4.79 Å². The molecule has 0 radical (unpaired) electrons. The molecular weight excluding hydrogens is 588 g/mol. The number of nitrogens with two attached hydrogens (primary N) is 1. The number of nitrogens with one attached hydrogen (secondary N) is 1. The highest BCUT2D eigenvalue weighted by atomic mass is 35.5. The summed E-state index contributed by atoms with van der Waals surface area (Å²) in [6, 6.07) is 18.2. The first-order valence-corrected chi connectivity index (χ1v) is 16.2. The van der Waals surface area contributed by atoms with Gasteiger partial charge in [0.2, 0.25) is 0 Å². The number of H-pyrrole nitrogens is 1. The number of para-hydroxylation sites is 1. The molecule has 11 heteroatoms. The maximum atomic E-state index is 14.1. The molecule has 9 nitrogen and oxygen atoms in total. The number of amides is 3. The van der Waals surface area contributed by atoms with Gasteiger partial charge in [0.1, 0.15) is 17.5 Å². The molecule has 43 heavy (non-hydrogen) atoms. The van der Waals surface area contributed by atoms with Crippen molar-refractivity contribution in [3.05, 3.63) is 89.6 Å².